The number of nitro groups is 1. The molecular formula is C22H27FN3O6P. The van der Waals surface area contributed by atoms with E-state index in [1.165, 1.54) is 12.1 Å². The zero-order valence-electron chi connectivity index (χ0n) is 19.0. The molecule has 33 heavy (non-hydrogen) atoms. The zero-order chi connectivity index (χ0) is 23.9. The van der Waals surface area contributed by atoms with E-state index in [1.807, 2.05) is 13.8 Å². The number of H-pyrrole nitrogens is 1. The quantitative estimate of drug-likeness (QED) is 0.220. The van der Waals surface area contributed by atoms with E-state index in [-0.39, 0.29) is 47.7 Å². The number of benzene rings is 1. The van der Waals surface area contributed by atoms with E-state index >= 15 is 4.39 Å². The number of aromatic amines is 1. The predicted octanol–water partition coefficient (Wildman–Crippen LogP) is 5.84. The lowest BCUT2D eigenvalue weighted by Crippen LogP contribution is -2.08. The highest BCUT2D eigenvalue weighted by Gasteiger charge is 2.37. The van der Waals surface area contributed by atoms with Crippen molar-refractivity contribution in [1.29, 1.82) is 0 Å². The number of aromatic nitrogens is 2. The second kappa shape index (κ2) is 9.00. The van der Waals surface area contributed by atoms with Crippen molar-refractivity contribution in [3.63, 3.8) is 0 Å². The number of furan rings is 1. The van der Waals surface area contributed by atoms with Gasteiger partial charge < -0.3 is 18.4 Å². The fourth-order valence-corrected chi connectivity index (χ4v) is 5.55. The van der Waals surface area contributed by atoms with E-state index in [1.54, 1.807) is 13.8 Å². The van der Waals surface area contributed by atoms with Crippen molar-refractivity contribution in [2.24, 2.45) is 5.92 Å². The summed E-state index contributed by atoms with van der Waals surface area (Å²) in [6, 6.07) is 3.00. The topological polar surface area (TPSA) is 120 Å². The van der Waals surface area contributed by atoms with Crippen LogP contribution in [0.5, 0.6) is 0 Å². The fraction of sp³-hybridized carbons (Fsp3) is 0.500. The van der Waals surface area contributed by atoms with Gasteiger partial charge in [-0.05, 0) is 62.6 Å². The molecule has 0 aliphatic heterocycles. The summed E-state index contributed by atoms with van der Waals surface area (Å²) >= 11 is 0. The second-order valence-electron chi connectivity index (χ2n) is 8.46. The summed E-state index contributed by atoms with van der Waals surface area (Å²) in [5.41, 5.74) is 0.893. The first-order valence-electron chi connectivity index (χ1n) is 11.1. The lowest BCUT2D eigenvalue weighted by molar-refractivity contribution is -0.385. The fourth-order valence-electron chi connectivity index (χ4n) is 4.08. The van der Waals surface area contributed by atoms with Crippen molar-refractivity contribution in [3.05, 3.63) is 39.2 Å². The Morgan fingerprint density at radius 3 is 2.52 bits per heavy atom. The maximum atomic E-state index is 15.4. The van der Waals surface area contributed by atoms with Gasteiger partial charge in [0.15, 0.2) is 17.1 Å². The van der Waals surface area contributed by atoms with Gasteiger partial charge >= 0.3 is 13.3 Å². The Labute approximate surface area is 190 Å². The second-order valence-corrected chi connectivity index (χ2v) is 10.4. The summed E-state index contributed by atoms with van der Waals surface area (Å²) < 4.78 is 44.8. The highest BCUT2D eigenvalue weighted by atomic mass is 31.2. The van der Waals surface area contributed by atoms with Crippen LogP contribution in [0.15, 0.2) is 16.5 Å². The molecule has 0 amide bonds. The largest absolute Gasteiger partial charge is 0.445 e. The monoisotopic (exact) mass is 479 g/mol. The van der Waals surface area contributed by atoms with Crippen molar-refractivity contribution in [3.8, 4) is 11.6 Å². The number of hydrogen-bond acceptors (Lipinski definition) is 7. The van der Waals surface area contributed by atoms with Crippen molar-refractivity contribution >= 4 is 29.8 Å². The van der Waals surface area contributed by atoms with Crippen LogP contribution in [0.25, 0.3) is 22.6 Å². The molecule has 9 nitrogen and oxygen atoms in total. The van der Waals surface area contributed by atoms with Crippen molar-refractivity contribution in [2.75, 3.05) is 13.2 Å². The average Bonchev–Trinajstić information content (AvgIpc) is 3.27. The maximum Gasteiger partial charge on any atom is 0.396 e. The van der Waals surface area contributed by atoms with Crippen LogP contribution < -0.4 is 5.50 Å². The van der Waals surface area contributed by atoms with E-state index in [2.05, 4.69) is 9.97 Å². The van der Waals surface area contributed by atoms with Crippen molar-refractivity contribution in [2.45, 2.75) is 52.9 Å². The summed E-state index contributed by atoms with van der Waals surface area (Å²) in [5.74, 6) is -0.188. The lowest BCUT2D eigenvalue weighted by Gasteiger charge is -2.14. The summed E-state index contributed by atoms with van der Waals surface area (Å²) in [5, 5.41) is 11.8. The Hall–Kier alpha value is -2.55. The third-order valence-corrected chi connectivity index (χ3v) is 7.45. The van der Waals surface area contributed by atoms with Gasteiger partial charge in [0.2, 0.25) is 11.3 Å². The lowest BCUT2D eigenvalue weighted by atomic mass is 9.93. The van der Waals surface area contributed by atoms with Gasteiger partial charge in [-0.2, -0.15) is 4.39 Å². The Balaban J connectivity index is 1.89. The predicted molar refractivity (Wildman–Crippen MR) is 121 cm³/mol. The van der Waals surface area contributed by atoms with Gasteiger partial charge in [0, 0.05) is 5.56 Å². The van der Waals surface area contributed by atoms with E-state index < -0.39 is 24.0 Å². The first kappa shape index (κ1) is 23.6. The van der Waals surface area contributed by atoms with Crippen molar-refractivity contribution < 1.29 is 27.3 Å². The van der Waals surface area contributed by atoms with Crippen molar-refractivity contribution in [1.82, 2.24) is 9.97 Å². The minimum absolute atomic E-state index is 0.00486. The number of nitro benzene ring substituents is 1. The minimum atomic E-state index is -3.65. The molecule has 0 saturated heterocycles. The molecule has 3 aromatic rings. The minimum Gasteiger partial charge on any atom is -0.445 e. The van der Waals surface area contributed by atoms with Gasteiger partial charge in [-0.1, -0.05) is 13.8 Å². The van der Waals surface area contributed by atoms with Crippen LogP contribution >= 0.6 is 7.60 Å². The number of fused-ring (bicyclic) bond motifs is 1. The third kappa shape index (κ3) is 4.35. The van der Waals surface area contributed by atoms with Crippen LogP contribution in [-0.2, 0) is 20.0 Å². The summed E-state index contributed by atoms with van der Waals surface area (Å²) in [4.78, 5) is 18.5. The molecule has 1 fully saturated rings. The molecule has 1 aromatic carbocycles. The summed E-state index contributed by atoms with van der Waals surface area (Å²) in [7, 11) is -3.65. The van der Waals surface area contributed by atoms with Gasteiger partial charge in [0.1, 0.15) is 0 Å². The SMILES string of the molecule is CCOP(=O)(OCC)c1ccc(-c2nc3c([N+](=O)[O-])c(F)c(CC(C)C)c(C4CC4)c3[nH]2)o1. The Morgan fingerprint density at radius 2 is 1.97 bits per heavy atom. The normalized spacial score (nSPS) is 14.5. The Morgan fingerprint density at radius 1 is 1.30 bits per heavy atom. The molecule has 0 atom stereocenters. The number of nitrogens with one attached hydrogen (secondary N) is 1. The first-order chi connectivity index (χ1) is 15.7. The molecule has 4 rings (SSSR count). The van der Waals surface area contributed by atoms with Crippen LogP contribution in [-0.4, -0.2) is 28.1 Å². The number of halogens is 1. The Kier molecular flexibility index (Phi) is 6.44. The van der Waals surface area contributed by atoms with E-state index in [9.17, 15) is 14.7 Å². The third-order valence-electron chi connectivity index (χ3n) is 5.47. The molecule has 2 heterocycles. The molecule has 178 valence electrons. The number of rotatable bonds is 10. The van der Waals surface area contributed by atoms with Crippen LogP contribution in [0.4, 0.5) is 10.1 Å². The Bertz CT molecular complexity index is 1240. The van der Waals surface area contributed by atoms with Gasteiger partial charge in [-0.3, -0.25) is 14.7 Å². The number of nitrogens with zero attached hydrogens (tertiary/aromatic N) is 2. The molecule has 1 aliphatic rings. The van der Waals surface area contributed by atoms with Gasteiger partial charge in [-0.15, -0.1) is 0 Å². The van der Waals surface area contributed by atoms with Crippen LogP contribution in [0.3, 0.4) is 0 Å². The average molecular weight is 479 g/mol. The molecule has 2 aromatic heterocycles. The highest BCUT2D eigenvalue weighted by Crippen LogP contribution is 2.49. The zero-order valence-corrected chi connectivity index (χ0v) is 19.9. The van der Waals surface area contributed by atoms with Crippen LogP contribution in [0, 0.1) is 21.8 Å². The summed E-state index contributed by atoms with van der Waals surface area (Å²) in [6.45, 7) is 7.60. The van der Waals surface area contributed by atoms with Gasteiger partial charge in [0.25, 0.3) is 0 Å². The molecule has 0 bridgehead atoms. The van der Waals surface area contributed by atoms with E-state index in [4.69, 9.17) is 13.5 Å². The molecule has 0 unspecified atom stereocenters. The molecule has 1 N–H and O–H groups in total. The molecule has 0 radical (unpaired) electrons. The molecule has 1 aliphatic carbocycles. The molecular weight excluding hydrogens is 452 g/mol. The molecule has 0 spiro atoms. The summed E-state index contributed by atoms with van der Waals surface area (Å²) in [6.07, 6.45) is 2.17. The number of imidazole rings is 1. The smallest absolute Gasteiger partial charge is 0.396 e. The number of hydrogen-bond donors (Lipinski definition) is 1. The molecule has 11 heteroatoms. The molecule has 1 saturated carbocycles. The highest BCUT2D eigenvalue weighted by molar-refractivity contribution is 7.61. The van der Waals surface area contributed by atoms with E-state index in [0.29, 0.717) is 17.5 Å². The van der Waals surface area contributed by atoms with E-state index in [0.717, 1.165) is 18.4 Å². The van der Waals surface area contributed by atoms with Gasteiger partial charge in [-0.25, -0.2) is 4.98 Å². The maximum absolute atomic E-state index is 15.4. The first-order valence-corrected chi connectivity index (χ1v) is 12.6. The van der Waals surface area contributed by atoms with Crippen LogP contribution in [0.2, 0.25) is 0 Å². The van der Waals surface area contributed by atoms with Crippen LogP contribution in [0.1, 0.15) is 57.6 Å². The van der Waals surface area contributed by atoms with Gasteiger partial charge in [0.05, 0.1) is 23.7 Å². The standard InChI is InChI=1S/C22H27FN3O6P/c1-5-30-33(29,31-6-2)16-10-9-15(32-16)22-24-19-17(13-7-8-13)14(11-12(3)4)18(23)21(26(27)28)20(19)25-22/h9-10,12-13H,5-8,11H2,1-4H3,(H,24,25).